The van der Waals surface area contributed by atoms with Gasteiger partial charge in [-0.1, -0.05) is 45.4 Å². The summed E-state index contributed by atoms with van der Waals surface area (Å²) in [5.74, 6) is 0.676. The molecule has 0 bridgehead atoms. The van der Waals surface area contributed by atoms with E-state index < -0.39 is 0 Å². The van der Waals surface area contributed by atoms with Gasteiger partial charge in [-0.05, 0) is 35.6 Å². The van der Waals surface area contributed by atoms with Crippen molar-refractivity contribution in [2.24, 2.45) is 5.92 Å². The van der Waals surface area contributed by atoms with Crippen LogP contribution in [0.25, 0.3) is 0 Å². The summed E-state index contributed by atoms with van der Waals surface area (Å²) in [6.45, 7) is 9.38. The van der Waals surface area contributed by atoms with Crippen LogP contribution in [0.15, 0.2) is 18.2 Å². The van der Waals surface area contributed by atoms with Gasteiger partial charge in [-0.25, -0.2) is 0 Å². The zero-order valence-corrected chi connectivity index (χ0v) is 11.8. The maximum absolute atomic E-state index is 5.50. The number of rotatable bonds is 6. The summed E-state index contributed by atoms with van der Waals surface area (Å²) < 4.78 is 5.50. The molecule has 0 fully saturated rings. The van der Waals surface area contributed by atoms with Crippen LogP contribution in [0.1, 0.15) is 56.3 Å². The lowest BCUT2D eigenvalue weighted by Crippen LogP contribution is -2.27. The molecule has 2 nitrogen and oxygen atoms in total. The molecule has 1 aliphatic rings. The fraction of sp³-hybridized carbons (Fsp3) is 0.625. The fourth-order valence-corrected chi connectivity index (χ4v) is 2.87. The lowest BCUT2D eigenvalue weighted by atomic mass is 9.89. The molecule has 0 saturated heterocycles. The first kappa shape index (κ1) is 13.6. The Labute approximate surface area is 111 Å². The summed E-state index contributed by atoms with van der Waals surface area (Å²) in [4.78, 5) is 0. The van der Waals surface area contributed by atoms with Gasteiger partial charge in [0, 0.05) is 6.04 Å². The number of hydrogen-bond donors (Lipinski definition) is 1. The van der Waals surface area contributed by atoms with Crippen molar-refractivity contribution in [1.29, 1.82) is 0 Å². The third-order valence-corrected chi connectivity index (χ3v) is 3.84. The Kier molecular flexibility index (Phi) is 4.79. The summed E-state index contributed by atoms with van der Waals surface area (Å²) >= 11 is 0. The van der Waals surface area contributed by atoms with Gasteiger partial charge < -0.3 is 10.1 Å². The van der Waals surface area contributed by atoms with Crippen LogP contribution in [0.4, 0.5) is 0 Å². The lowest BCUT2D eigenvalue weighted by Gasteiger charge is -2.25. The van der Waals surface area contributed by atoms with E-state index in [9.17, 15) is 0 Å². The van der Waals surface area contributed by atoms with Crippen molar-refractivity contribution in [3.63, 3.8) is 0 Å². The topological polar surface area (TPSA) is 21.3 Å². The van der Waals surface area contributed by atoms with E-state index in [1.807, 2.05) is 0 Å². The minimum absolute atomic E-state index is 0.473. The SMILES string of the molecule is CCCC(C)C(NCC)c1ccc2c(c1)COC2. The van der Waals surface area contributed by atoms with E-state index in [4.69, 9.17) is 4.74 Å². The second-order valence-electron chi connectivity index (χ2n) is 5.32. The molecule has 0 aromatic heterocycles. The van der Waals surface area contributed by atoms with Crippen LogP contribution >= 0.6 is 0 Å². The second-order valence-corrected chi connectivity index (χ2v) is 5.32. The molecule has 1 aliphatic heterocycles. The largest absolute Gasteiger partial charge is 0.372 e. The zero-order valence-electron chi connectivity index (χ0n) is 11.8. The van der Waals surface area contributed by atoms with Crippen molar-refractivity contribution in [2.45, 2.75) is 52.9 Å². The molecule has 0 radical (unpaired) electrons. The monoisotopic (exact) mass is 247 g/mol. The molecule has 100 valence electrons. The van der Waals surface area contributed by atoms with Crippen LogP contribution in [-0.2, 0) is 18.0 Å². The van der Waals surface area contributed by atoms with Gasteiger partial charge in [-0.15, -0.1) is 0 Å². The van der Waals surface area contributed by atoms with Crippen LogP contribution in [0, 0.1) is 5.92 Å². The Morgan fingerprint density at radius 2 is 2.00 bits per heavy atom. The summed E-state index contributed by atoms with van der Waals surface area (Å²) in [6.07, 6.45) is 2.52. The van der Waals surface area contributed by atoms with E-state index in [2.05, 4.69) is 44.3 Å². The summed E-state index contributed by atoms with van der Waals surface area (Å²) in [5, 5.41) is 3.63. The smallest absolute Gasteiger partial charge is 0.0725 e. The third-order valence-electron chi connectivity index (χ3n) is 3.84. The molecule has 1 aromatic rings. The molecule has 0 saturated carbocycles. The van der Waals surface area contributed by atoms with Crippen LogP contribution in [0.2, 0.25) is 0 Å². The van der Waals surface area contributed by atoms with Gasteiger partial charge in [0.25, 0.3) is 0 Å². The standard InChI is InChI=1S/C16H25NO/c1-4-6-12(3)16(17-5-2)13-7-8-14-10-18-11-15(14)9-13/h7-9,12,16-17H,4-6,10-11H2,1-3H3. The molecule has 1 aromatic carbocycles. The van der Waals surface area contributed by atoms with E-state index in [0.29, 0.717) is 12.0 Å². The Bertz CT molecular complexity index is 389. The number of hydrogen-bond acceptors (Lipinski definition) is 2. The molecule has 0 amide bonds. The van der Waals surface area contributed by atoms with Crippen molar-refractivity contribution >= 4 is 0 Å². The van der Waals surface area contributed by atoms with Gasteiger partial charge in [-0.3, -0.25) is 0 Å². The van der Waals surface area contributed by atoms with Gasteiger partial charge in [0.05, 0.1) is 13.2 Å². The van der Waals surface area contributed by atoms with Crippen molar-refractivity contribution in [1.82, 2.24) is 5.32 Å². The van der Waals surface area contributed by atoms with Gasteiger partial charge in [0.1, 0.15) is 0 Å². The zero-order chi connectivity index (χ0) is 13.0. The van der Waals surface area contributed by atoms with Gasteiger partial charge >= 0.3 is 0 Å². The molecule has 18 heavy (non-hydrogen) atoms. The molecule has 2 rings (SSSR count). The number of fused-ring (bicyclic) bond motifs is 1. The number of nitrogens with one attached hydrogen (secondary N) is 1. The van der Waals surface area contributed by atoms with E-state index in [0.717, 1.165) is 19.8 Å². The number of ether oxygens (including phenoxy) is 1. The van der Waals surface area contributed by atoms with E-state index >= 15 is 0 Å². The Morgan fingerprint density at radius 1 is 1.22 bits per heavy atom. The first-order valence-electron chi connectivity index (χ1n) is 7.19. The highest BCUT2D eigenvalue weighted by atomic mass is 16.5. The maximum atomic E-state index is 5.50. The first-order chi connectivity index (χ1) is 8.76. The molecule has 2 atom stereocenters. The molecular weight excluding hydrogens is 222 g/mol. The molecule has 1 N–H and O–H groups in total. The van der Waals surface area contributed by atoms with Crippen molar-refractivity contribution in [2.75, 3.05) is 6.54 Å². The normalized spacial score (nSPS) is 17.5. The summed E-state index contributed by atoms with van der Waals surface area (Å²) in [6, 6.07) is 7.32. The summed E-state index contributed by atoms with van der Waals surface area (Å²) in [7, 11) is 0. The van der Waals surface area contributed by atoms with Crippen molar-refractivity contribution in [3.8, 4) is 0 Å². The summed E-state index contributed by atoms with van der Waals surface area (Å²) in [5.41, 5.74) is 4.15. The van der Waals surface area contributed by atoms with Gasteiger partial charge in [-0.2, -0.15) is 0 Å². The van der Waals surface area contributed by atoms with Crippen LogP contribution < -0.4 is 5.32 Å². The fourth-order valence-electron chi connectivity index (χ4n) is 2.87. The average molecular weight is 247 g/mol. The highest BCUT2D eigenvalue weighted by Crippen LogP contribution is 2.29. The Hall–Kier alpha value is -0.860. The van der Waals surface area contributed by atoms with E-state index in [1.165, 1.54) is 29.5 Å². The molecule has 1 heterocycles. The van der Waals surface area contributed by atoms with Crippen LogP contribution in [-0.4, -0.2) is 6.54 Å². The lowest BCUT2D eigenvalue weighted by molar-refractivity contribution is 0.134. The first-order valence-corrected chi connectivity index (χ1v) is 7.19. The van der Waals surface area contributed by atoms with Gasteiger partial charge in [0.2, 0.25) is 0 Å². The van der Waals surface area contributed by atoms with E-state index in [-0.39, 0.29) is 0 Å². The predicted molar refractivity (Wildman–Crippen MR) is 75.4 cm³/mol. The van der Waals surface area contributed by atoms with Crippen molar-refractivity contribution in [3.05, 3.63) is 34.9 Å². The predicted octanol–water partition coefficient (Wildman–Crippen LogP) is 3.80. The average Bonchev–Trinajstić information content (AvgIpc) is 2.83. The van der Waals surface area contributed by atoms with Crippen LogP contribution in [0.5, 0.6) is 0 Å². The molecule has 0 spiro atoms. The minimum Gasteiger partial charge on any atom is -0.372 e. The maximum Gasteiger partial charge on any atom is 0.0725 e. The second kappa shape index (κ2) is 6.35. The molecular formula is C16H25NO. The van der Waals surface area contributed by atoms with Gasteiger partial charge in [0.15, 0.2) is 0 Å². The molecule has 2 heteroatoms. The molecule has 0 aliphatic carbocycles. The van der Waals surface area contributed by atoms with E-state index in [1.54, 1.807) is 0 Å². The van der Waals surface area contributed by atoms with Crippen molar-refractivity contribution < 1.29 is 4.74 Å². The highest BCUT2D eigenvalue weighted by molar-refractivity contribution is 5.34. The van der Waals surface area contributed by atoms with Crippen LogP contribution in [0.3, 0.4) is 0 Å². The Balaban J connectivity index is 2.19. The molecule has 2 unspecified atom stereocenters. The Morgan fingerprint density at radius 3 is 2.72 bits per heavy atom. The number of benzene rings is 1. The minimum atomic E-state index is 0.473. The quantitative estimate of drug-likeness (QED) is 0.825. The highest BCUT2D eigenvalue weighted by Gasteiger charge is 2.20. The third kappa shape index (κ3) is 2.93.